The second kappa shape index (κ2) is 8.34. The molecular weight excluding hydrogens is 342 g/mol. The molecule has 0 radical (unpaired) electrons. The summed E-state index contributed by atoms with van der Waals surface area (Å²) in [5.41, 5.74) is 5.06. The van der Waals surface area contributed by atoms with Gasteiger partial charge >= 0.3 is 5.97 Å². The van der Waals surface area contributed by atoms with Crippen LogP contribution in [-0.4, -0.2) is 42.9 Å². The Morgan fingerprint density at radius 2 is 2.04 bits per heavy atom. The van der Waals surface area contributed by atoms with Crippen LogP contribution in [0.1, 0.15) is 39.2 Å². The van der Waals surface area contributed by atoms with Crippen LogP contribution in [0.4, 0.5) is 5.88 Å². The van der Waals surface area contributed by atoms with Crippen molar-refractivity contribution < 1.29 is 28.0 Å². The van der Waals surface area contributed by atoms with Gasteiger partial charge in [-0.25, -0.2) is 4.79 Å². The summed E-state index contributed by atoms with van der Waals surface area (Å²) in [6.07, 6.45) is 1.55. The molecule has 0 saturated carbocycles. The number of likely N-dealkylation sites (N-methyl/N-ethyl adjacent to an activating group) is 1. The zero-order chi connectivity index (χ0) is 19.3. The molecule has 2 amide bonds. The largest absolute Gasteiger partial charge is 0.468 e. The first-order chi connectivity index (χ1) is 12.3. The Morgan fingerprint density at radius 3 is 2.62 bits per heavy atom. The lowest BCUT2D eigenvalue weighted by atomic mass is 10.1. The van der Waals surface area contributed by atoms with Crippen LogP contribution in [-0.2, 0) is 16.1 Å². The molecule has 3 N–H and O–H groups in total. The Bertz CT molecular complexity index is 794. The fourth-order valence-electron chi connectivity index (χ4n) is 2.45. The van der Waals surface area contributed by atoms with Crippen LogP contribution in [0, 0.1) is 6.92 Å². The van der Waals surface area contributed by atoms with Crippen LogP contribution >= 0.6 is 0 Å². The topological polar surface area (TPSA) is 128 Å². The minimum atomic E-state index is -0.899. The zero-order valence-electron chi connectivity index (χ0n) is 14.8. The van der Waals surface area contributed by atoms with E-state index in [1.807, 2.05) is 0 Å². The van der Waals surface area contributed by atoms with Gasteiger partial charge in [-0.05, 0) is 33.0 Å². The molecule has 0 aliphatic carbocycles. The van der Waals surface area contributed by atoms with E-state index < -0.39 is 17.8 Å². The van der Waals surface area contributed by atoms with Gasteiger partial charge in [-0.2, -0.15) is 0 Å². The van der Waals surface area contributed by atoms with Gasteiger partial charge in [-0.3, -0.25) is 19.8 Å². The molecule has 2 heterocycles. The summed E-state index contributed by atoms with van der Waals surface area (Å²) in [6.45, 7) is 3.68. The molecular formula is C17H21N3O6. The number of nitrogens with one attached hydrogen (secondary N) is 1. The number of nitrogens with two attached hydrogens (primary N) is 1. The standard InChI is InChI=1S/C17H21N3O6/c1-4-24-17(23)13-10(2)26-16(14(13)15(18)22)19-12(21)9-20(3)8-11-6-5-7-25-11/h5-7H,4,8-9H2,1-3H3,(H2,18,22)(H,19,21). The third-order valence-electron chi connectivity index (χ3n) is 3.48. The van der Waals surface area contributed by atoms with Crippen LogP contribution in [0.5, 0.6) is 0 Å². The van der Waals surface area contributed by atoms with Gasteiger partial charge in [0.25, 0.3) is 5.91 Å². The lowest BCUT2D eigenvalue weighted by molar-refractivity contribution is -0.117. The van der Waals surface area contributed by atoms with E-state index in [4.69, 9.17) is 19.3 Å². The van der Waals surface area contributed by atoms with Crippen LogP contribution in [0.3, 0.4) is 0 Å². The van der Waals surface area contributed by atoms with Crippen LogP contribution < -0.4 is 11.1 Å². The number of anilines is 1. The predicted molar refractivity (Wildman–Crippen MR) is 91.6 cm³/mol. The van der Waals surface area contributed by atoms with Gasteiger partial charge in [-0.15, -0.1) is 0 Å². The maximum Gasteiger partial charge on any atom is 0.342 e. The van der Waals surface area contributed by atoms with E-state index in [2.05, 4.69) is 5.32 Å². The summed E-state index contributed by atoms with van der Waals surface area (Å²) < 4.78 is 15.5. The van der Waals surface area contributed by atoms with Gasteiger partial charge in [0.2, 0.25) is 11.8 Å². The number of hydrogen-bond acceptors (Lipinski definition) is 7. The highest BCUT2D eigenvalue weighted by atomic mass is 16.5. The van der Waals surface area contributed by atoms with Crippen LogP contribution in [0.15, 0.2) is 27.2 Å². The van der Waals surface area contributed by atoms with Crippen molar-refractivity contribution in [1.82, 2.24) is 4.90 Å². The summed E-state index contributed by atoms with van der Waals surface area (Å²) >= 11 is 0. The highest BCUT2D eigenvalue weighted by Gasteiger charge is 2.29. The summed E-state index contributed by atoms with van der Waals surface area (Å²) in [5.74, 6) is -1.41. The average Bonchev–Trinajstić information content (AvgIpc) is 3.14. The van der Waals surface area contributed by atoms with Gasteiger partial charge in [0, 0.05) is 0 Å². The first kappa shape index (κ1) is 19.3. The van der Waals surface area contributed by atoms with Gasteiger partial charge in [-0.1, -0.05) is 0 Å². The molecule has 0 atom stereocenters. The van der Waals surface area contributed by atoms with Crippen molar-refractivity contribution >= 4 is 23.7 Å². The number of aryl methyl sites for hydroxylation is 1. The Morgan fingerprint density at radius 1 is 1.31 bits per heavy atom. The van der Waals surface area contributed by atoms with Crippen molar-refractivity contribution in [3.63, 3.8) is 0 Å². The minimum absolute atomic E-state index is 0.00733. The summed E-state index contributed by atoms with van der Waals surface area (Å²) in [6, 6.07) is 3.55. The molecule has 9 heteroatoms. The van der Waals surface area contributed by atoms with Crippen LogP contribution in [0.25, 0.3) is 0 Å². The average molecular weight is 363 g/mol. The molecule has 0 aromatic carbocycles. The number of furan rings is 2. The van der Waals surface area contributed by atoms with Crippen molar-refractivity contribution in [3.8, 4) is 0 Å². The number of hydrogen-bond donors (Lipinski definition) is 2. The molecule has 0 aliphatic heterocycles. The van der Waals surface area contributed by atoms with Crippen molar-refractivity contribution in [2.45, 2.75) is 20.4 Å². The molecule has 140 valence electrons. The number of rotatable bonds is 8. The maximum absolute atomic E-state index is 12.2. The number of carbonyl (C=O) groups excluding carboxylic acids is 3. The third kappa shape index (κ3) is 4.51. The molecule has 0 spiro atoms. The number of nitrogens with zero attached hydrogens (tertiary/aromatic N) is 1. The number of amides is 2. The van der Waals surface area contributed by atoms with E-state index in [1.165, 1.54) is 6.92 Å². The SMILES string of the molecule is CCOC(=O)c1c(C)oc(NC(=O)CN(C)Cc2ccco2)c1C(N)=O. The number of carbonyl (C=O) groups is 3. The predicted octanol–water partition coefficient (Wildman–Crippen LogP) is 1.53. The van der Waals surface area contributed by atoms with E-state index in [-0.39, 0.29) is 35.9 Å². The molecule has 2 aromatic heterocycles. The van der Waals surface area contributed by atoms with Gasteiger partial charge in [0.15, 0.2) is 0 Å². The molecule has 0 aliphatic rings. The molecule has 26 heavy (non-hydrogen) atoms. The second-order valence-corrected chi connectivity index (χ2v) is 5.62. The summed E-state index contributed by atoms with van der Waals surface area (Å²) in [5, 5.41) is 2.47. The Kier molecular flexibility index (Phi) is 6.18. The number of esters is 1. The number of primary amides is 1. The maximum atomic E-state index is 12.2. The molecule has 9 nitrogen and oxygen atoms in total. The third-order valence-corrected chi connectivity index (χ3v) is 3.48. The second-order valence-electron chi connectivity index (χ2n) is 5.62. The Labute approximate surface area is 150 Å². The monoisotopic (exact) mass is 363 g/mol. The molecule has 2 aromatic rings. The zero-order valence-corrected chi connectivity index (χ0v) is 14.8. The fraction of sp³-hybridized carbons (Fsp3) is 0.353. The van der Waals surface area contributed by atoms with E-state index >= 15 is 0 Å². The molecule has 0 bridgehead atoms. The smallest absolute Gasteiger partial charge is 0.342 e. The van der Waals surface area contributed by atoms with E-state index in [0.29, 0.717) is 12.3 Å². The summed E-state index contributed by atoms with van der Waals surface area (Å²) in [7, 11) is 1.73. The normalized spacial score (nSPS) is 10.8. The van der Waals surface area contributed by atoms with Gasteiger partial charge in [0.1, 0.15) is 22.6 Å². The lowest BCUT2D eigenvalue weighted by Gasteiger charge is -2.14. The van der Waals surface area contributed by atoms with Crippen molar-refractivity contribution in [2.75, 3.05) is 25.5 Å². The highest BCUT2D eigenvalue weighted by molar-refractivity contribution is 6.10. The fourth-order valence-corrected chi connectivity index (χ4v) is 2.45. The molecule has 2 rings (SSSR count). The first-order valence-electron chi connectivity index (χ1n) is 7.94. The Hall–Kier alpha value is -3.07. The van der Waals surface area contributed by atoms with Gasteiger partial charge in [0.05, 0.1) is 26.0 Å². The summed E-state index contributed by atoms with van der Waals surface area (Å²) in [4.78, 5) is 37.7. The van der Waals surface area contributed by atoms with E-state index in [0.717, 1.165) is 0 Å². The van der Waals surface area contributed by atoms with E-state index in [1.54, 1.807) is 37.3 Å². The quantitative estimate of drug-likeness (QED) is 0.681. The Balaban J connectivity index is 2.12. The highest BCUT2D eigenvalue weighted by Crippen LogP contribution is 2.27. The lowest BCUT2D eigenvalue weighted by Crippen LogP contribution is -2.30. The molecule has 0 unspecified atom stereocenters. The van der Waals surface area contributed by atoms with E-state index in [9.17, 15) is 14.4 Å². The van der Waals surface area contributed by atoms with Crippen molar-refractivity contribution in [1.29, 1.82) is 0 Å². The molecule has 0 fully saturated rings. The minimum Gasteiger partial charge on any atom is -0.468 e. The van der Waals surface area contributed by atoms with Crippen molar-refractivity contribution in [3.05, 3.63) is 41.0 Å². The molecule has 0 saturated heterocycles. The van der Waals surface area contributed by atoms with Gasteiger partial charge < -0.3 is 19.3 Å². The first-order valence-corrected chi connectivity index (χ1v) is 7.94. The van der Waals surface area contributed by atoms with Crippen LogP contribution in [0.2, 0.25) is 0 Å². The number of ether oxygens (including phenoxy) is 1. The van der Waals surface area contributed by atoms with Crippen molar-refractivity contribution in [2.24, 2.45) is 5.73 Å².